The molecule has 2 aromatic rings. The van der Waals surface area contributed by atoms with Gasteiger partial charge in [0.05, 0.1) is 0 Å². The lowest BCUT2D eigenvalue weighted by Crippen LogP contribution is -2.42. The molecule has 0 radical (unpaired) electrons. The van der Waals surface area contributed by atoms with Crippen LogP contribution in [0.1, 0.15) is 48.2 Å². The van der Waals surface area contributed by atoms with Crippen LogP contribution in [0.5, 0.6) is 0 Å². The predicted molar refractivity (Wildman–Crippen MR) is 98.9 cm³/mol. The van der Waals surface area contributed by atoms with E-state index in [1.165, 1.54) is 16.8 Å². The minimum Gasteiger partial charge on any atom is -0.382 e. The molecule has 0 aromatic heterocycles. The number of rotatable bonds is 1. The second-order valence-corrected chi connectivity index (χ2v) is 7.15. The minimum absolute atomic E-state index is 0.112. The van der Waals surface area contributed by atoms with Crippen molar-refractivity contribution in [3.63, 3.8) is 0 Å². The van der Waals surface area contributed by atoms with Crippen molar-refractivity contribution in [2.45, 2.75) is 51.6 Å². The first kappa shape index (κ1) is 15.3. The maximum atomic E-state index is 13.1. The summed E-state index contributed by atoms with van der Waals surface area (Å²) in [7, 11) is 0. The Hall–Kier alpha value is -2.29. The molecule has 124 valence electrons. The second-order valence-electron chi connectivity index (χ2n) is 7.15. The quantitative estimate of drug-likeness (QED) is 0.844. The van der Waals surface area contributed by atoms with E-state index in [1.807, 2.05) is 35.2 Å². The molecule has 2 aromatic carbocycles. The number of carbonyl (C=O) groups is 1. The summed E-state index contributed by atoms with van der Waals surface area (Å²) in [6, 6.07) is 14.9. The van der Waals surface area contributed by atoms with Gasteiger partial charge in [-0.15, -0.1) is 0 Å². The highest BCUT2D eigenvalue weighted by Gasteiger charge is 2.30. The summed E-state index contributed by atoms with van der Waals surface area (Å²) < 4.78 is 0. The average Bonchev–Trinajstić information content (AvgIpc) is 2.60. The van der Waals surface area contributed by atoms with Crippen molar-refractivity contribution in [3.8, 4) is 0 Å². The molecule has 2 aliphatic rings. The van der Waals surface area contributed by atoms with Gasteiger partial charge in [0.15, 0.2) is 0 Å². The van der Waals surface area contributed by atoms with Crippen LogP contribution in [0.3, 0.4) is 0 Å². The fraction of sp³-hybridized carbons (Fsp3) is 0.381. The zero-order valence-electron chi connectivity index (χ0n) is 14.4. The van der Waals surface area contributed by atoms with Crippen molar-refractivity contribution in [2.75, 3.05) is 10.2 Å². The number of benzene rings is 2. The van der Waals surface area contributed by atoms with Gasteiger partial charge < -0.3 is 10.2 Å². The van der Waals surface area contributed by atoms with Crippen LogP contribution in [0, 0.1) is 0 Å². The molecule has 0 bridgehead atoms. The van der Waals surface area contributed by atoms with Crippen LogP contribution in [0.15, 0.2) is 42.5 Å². The molecular formula is C21H24N2O. The number of amides is 1. The monoisotopic (exact) mass is 320 g/mol. The van der Waals surface area contributed by atoms with Gasteiger partial charge in [0.25, 0.3) is 5.91 Å². The lowest BCUT2D eigenvalue weighted by atomic mass is 9.90. The van der Waals surface area contributed by atoms with Crippen LogP contribution in [-0.4, -0.2) is 18.0 Å². The molecule has 4 rings (SSSR count). The third kappa shape index (κ3) is 2.58. The van der Waals surface area contributed by atoms with Gasteiger partial charge in [-0.2, -0.15) is 0 Å². The molecule has 0 spiro atoms. The smallest absolute Gasteiger partial charge is 0.258 e. The number of nitrogens with one attached hydrogen (secondary N) is 1. The molecule has 24 heavy (non-hydrogen) atoms. The van der Waals surface area contributed by atoms with Crippen molar-refractivity contribution in [3.05, 3.63) is 59.2 Å². The summed E-state index contributed by atoms with van der Waals surface area (Å²) in [5.41, 5.74) is 5.76. The average molecular weight is 320 g/mol. The predicted octanol–water partition coefficient (Wildman–Crippen LogP) is 4.41. The maximum absolute atomic E-state index is 13.1. The Balaban J connectivity index is 1.76. The molecule has 2 heterocycles. The topological polar surface area (TPSA) is 32.3 Å². The van der Waals surface area contributed by atoms with Crippen LogP contribution in [0.4, 0.5) is 11.4 Å². The van der Waals surface area contributed by atoms with Crippen LogP contribution in [0.25, 0.3) is 0 Å². The lowest BCUT2D eigenvalue weighted by molar-refractivity contribution is 0.0975. The highest BCUT2D eigenvalue weighted by Crippen LogP contribution is 2.38. The third-order valence-electron chi connectivity index (χ3n) is 5.32. The molecule has 1 amide bonds. The van der Waals surface area contributed by atoms with Crippen LogP contribution >= 0.6 is 0 Å². The highest BCUT2D eigenvalue weighted by atomic mass is 16.2. The van der Waals surface area contributed by atoms with E-state index in [2.05, 4.69) is 31.3 Å². The Labute approximate surface area is 143 Å². The number of fused-ring (bicyclic) bond motifs is 2. The number of aryl methyl sites for hydroxylation is 2. The van der Waals surface area contributed by atoms with Gasteiger partial charge in [0.2, 0.25) is 0 Å². The van der Waals surface area contributed by atoms with Crippen molar-refractivity contribution >= 4 is 17.3 Å². The maximum Gasteiger partial charge on any atom is 0.258 e. The molecular weight excluding hydrogens is 296 g/mol. The normalized spacial score (nSPS) is 22.3. The first-order valence-corrected chi connectivity index (χ1v) is 8.94. The van der Waals surface area contributed by atoms with Gasteiger partial charge in [-0.3, -0.25) is 4.79 Å². The summed E-state index contributed by atoms with van der Waals surface area (Å²) in [6.07, 6.45) is 4.28. The van der Waals surface area contributed by atoms with Gasteiger partial charge in [-0.05, 0) is 74.9 Å². The molecule has 0 saturated carbocycles. The van der Waals surface area contributed by atoms with Gasteiger partial charge in [0, 0.05) is 29.0 Å². The lowest BCUT2D eigenvalue weighted by Gasteiger charge is -2.37. The molecule has 1 N–H and O–H groups in total. The molecule has 0 unspecified atom stereocenters. The van der Waals surface area contributed by atoms with E-state index in [0.29, 0.717) is 6.04 Å². The van der Waals surface area contributed by atoms with Crippen molar-refractivity contribution in [1.29, 1.82) is 0 Å². The Morgan fingerprint density at radius 2 is 1.79 bits per heavy atom. The molecule has 2 aliphatic heterocycles. The summed E-state index contributed by atoms with van der Waals surface area (Å²) in [5.74, 6) is 0.112. The third-order valence-corrected chi connectivity index (χ3v) is 5.32. The second kappa shape index (κ2) is 5.97. The van der Waals surface area contributed by atoms with Crippen LogP contribution < -0.4 is 10.2 Å². The van der Waals surface area contributed by atoms with E-state index in [-0.39, 0.29) is 11.9 Å². The van der Waals surface area contributed by atoms with Gasteiger partial charge >= 0.3 is 0 Å². The van der Waals surface area contributed by atoms with E-state index in [1.54, 1.807) is 0 Å². The van der Waals surface area contributed by atoms with E-state index in [0.717, 1.165) is 36.9 Å². The number of hydrogen-bond acceptors (Lipinski definition) is 2. The Kier molecular flexibility index (Phi) is 3.79. The van der Waals surface area contributed by atoms with E-state index >= 15 is 0 Å². The number of carbonyl (C=O) groups excluding carboxylic acids is 1. The summed E-state index contributed by atoms with van der Waals surface area (Å²) in [4.78, 5) is 15.1. The van der Waals surface area contributed by atoms with E-state index < -0.39 is 0 Å². The number of nitrogens with zero attached hydrogens (tertiary/aromatic N) is 1. The fourth-order valence-electron chi connectivity index (χ4n) is 3.91. The van der Waals surface area contributed by atoms with Crippen molar-refractivity contribution in [1.82, 2.24) is 0 Å². The molecule has 0 saturated heterocycles. The van der Waals surface area contributed by atoms with E-state index in [4.69, 9.17) is 0 Å². The Morgan fingerprint density at radius 1 is 1.04 bits per heavy atom. The molecule has 2 atom stereocenters. The SMILES string of the molecule is C[C@@H]1CCc2cc3c(cc2N1C(=O)c1ccccc1)CC[C@H](C)N3. The number of hydrogen-bond donors (Lipinski definition) is 1. The standard InChI is InChI=1S/C21H24N2O/c1-14-8-10-17-13-20-18(12-19(17)22-14)11-9-15(2)23(20)21(24)16-6-4-3-5-7-16/h3-7,12-15,22H,8-11H2,1-2H3/t14-,15+/m0/s1. The van der Waals surface area contributed by atoms with Gasteiger partial charge in [-0.25, -0.2) is 0 Å². The first-order valence-electron chi connectivity index (χ1n) is 8.94. The van der Waals surface area contributed by atoms with Gasteiger partial charge in [-0.1, -0.05) is 18.2 Å². The van der Waals surface area contributed by atoms with Crippen molar-refractivity contribution in [2.24, 2.45) is 0 Å². The van der Waals surface area contributed by atoms with E-state index in [9.17, 15) is 4.79 Å². The summed E-state index contributed by atoms with van der Waals surface area (Å²) in [5, 5.41) is 3.59. The van der Waals surface area contributed by atoms with Crippen molar-refractivity contribution < 1.29 is 4.79 Å². The Bertz CT molecular complexity index is 769. The molecule has 3 heteroatoms. The highest BCUT2D eigenvalue weighted by molar-refractivity contribution is 6.07. The first-order chi connectivity index (χ1) is 11.6. The zero-order chi connectivity index (χ0) is 16.7. The number of anilines is 2. The Morgan fingerprint density at radius 3 is 2.58 bits per heavy atom. The summed E-state index contributed by atoms with van der Waals surface area (Å²) >= 11 is 0. The van der Waals surface area contributed by atoms with Gasteiger partial charge in [0.1, 0.15) is 0 Å². The fourth-order valence-corrected chi connectivity index (χ4v) is 3.91. The largest absolute Gasteiger partial charge is 0.382 e. The zero-order valence-corrected chi connectivity index (χ0v) is 14.4. The van der Waals surface area contributed by atoms with Crippen LogP contribution in [-0.2, 0) is 12.8 Å². The molecule has 0 fully saturated rings. The molecule has 3 nitrogen and oxygen atoms in total. The molecule has 0 aliphatic carbocycles. The summed E-state index contributed by atoms with van der Waals surface area (Å²) in [6.45, 7) is 4.39. The van der Waals surface area contributed by atoms with Crippen LogP contribution in [0.2, 0.25) is 0 Å². The minimum atomic E-state index is 0.112.